The number of hydrogen-bond donors (Lipinski definition) is 0. The van der Waals surface area contributed by atoms with Gasteiger partial charge in [0.25, 0.3) is 0 Å². The Morgan fingerprint density at radius 2 is 2.29 bits per heavy atom. The van der Waals surface area contributed by atoms with Crippen LogP contribution in [0.2, 0.25) is 0 Å². The summed E-state index contributed by atoms with van der Waals surface area (Å²) >= 11 is 0. The lowest BCUT2D eigenvalue weighted by Gasteiger charge is -2.31. The van der Waals surface area contributed by atoms with E-state index in [0.29, 0.717) is 6.54 Å². The lowest BCUT2D eigenvalue weighted by atomic mass is 9.99. The molecule has 0 fully saturated rings. The van der Waals surface area contributed by atoms with E-state index in [0.717, 1.165) is 19.4 Å². The van der Waals surface area contributed by atoms with Crippen molar-refractivity contribution in [2.45, 2.75) is 19.8 Å². The van der Waals surface area contributed by atoms with Crippen LogP contribution in [0.1, 0.15) is 17.5 Å². The molecule has 1 aromatic carbocycles. The number of hydrogen-bond acceptors (Lipinski definition) is 3. The number of benzene rings is 1. The highest BCUT2D eigenvalue weighted by atomic mass is 16.5. The number of ketones is 1. The Hall–Kier alpha value is -1.35. The van der Waals surface area contributed by atoms with Crippen molar-refractivity contribution in [1.82, 2.24) is 0 Å². The van der Waals surface area contributed by atoms with E-state index in [-0.39, 0.29) is 12.4 Å². The van der Waals surface area contributed by atoms with Gasteiger partial charge in [-0.15, -0.1) is 0 Å². The maximum absolute atomic E-state index is 11.6. The molecular formula is C14H19NO2. The molecule has 0 atom stereocenters. The largest absolute Gasteiger partial charge is 0.377 e. The van der Waals surface area contributed by atoms with Crippen LogP contribution in [0.15, 0.2) is 18.2 Å². The second-order valence-electron chi connectivity index (χ2n) is 4.63. The molecule has 0 bridgehead atoms. The first-order valence-electron chi connectivity index (χ1n) is 6.06. The van der Waals surface area contributed by atoms with Crippen molar-refractivity contribution in [1.29, 1.82) is 0 Å². The summed E-state index contributed by atoms with van der Waals surface area (Å²) in [6.07, 6.45) is 2.24. The molecule has 1 aliphatic rings. The third-order valence-corrected chi connectivity index (χ3v) is 3.12. The number of aryl methyl sites for hydroxylation is 2. The molecule has 1 aliphatic heterocycles. The first kappa shape index (κ1) is 12.1. The van der Waals surface area contributed by atoms with Crippen molar-refractivity contribution >= 4 is 11.5 Å². The Labute approximate surface area is 102 Å². The topological polar surface area (TPSA) is 29.5 Å². The van der Waals surface area contributed by atoms with Gasteiger partial charge in [0.05, 0.1) is 6.54 Å². The maximum atomic E-state index is 11.6. The third kappa shape index (κ3) is 2.86. The molecule has 1 heterocycles. The Morgan fingerprint density at radius 1 is 1.47 bits per heavy atom. The summed E-state index contributed by atoms with van der Waals surface area (Å²) in [7, 11) is 1.56. The van der Waals surface area contributed by atoms with E-state index in [9.17, 15) is 4.79 Å². The highest BCUT2D eigenvalue weighted by Gasteiger charge is 2.18. The predicted octanol–water partition coefficient (Wildman–Crippen LogP) is 1.96. The van der Waals surface area contributed by atoms with Gasteiger partial charge >= 0.3 is 0 Å². The number of methoxy groups -OCH3 is 1. The van der Waals surface area contributed by atoms with Gasteiger partial charge in [-0.05, 0) is 31.4 Å². The average molecular weight is 233 g/mol. The number of ether oxygens (including phenoxy) is 1. The zero-order valence-electron chi connectivity index (χ0n) is 10.5. The molecule has 1 aromatic rings. The van der Waals surface area contributed by atoms with Gasteiger partial charge in [0.15, 0.2) is 5.78 Å². The first-order chi connectivity index (χ1) is 8.20. The van der Waals surface area contributed by atoms with Gasteiger partial charge in [-0.1, -0.05) is 17.7 Å². The zero-order chi connectivity index (χ0) is 12.3. The van der Waals surface area contributed by atoms with Gasteiger partial charge in [-0.2, -0.15) is 0 Å². The maximum Gasteiger partial charge on any atom is 0.177 e. The monoisotopic (exact) mass is 233 g/mol. The van der Waals surface area contributed by atoms with Crippen LogP contribution < -0.4 is 4.90 Å². The lowest BCUT2D eigenvalue weighted by Crippen LogP contribution is -2.35. The Bertz CT molecular complexity index is 415. The molecule has 0 radical (unpaired) electrons. The number of carbonyl (C=O) groups is 1. The Kier molecular flexibility index (Phi) is 3.79. The van der Waals surface area contributed by atoms with Crippen LogP contribution >= 0.6 is 0 Å². The summed E-state index contributed by atoms with van der Waals surface area (Å²) < 4.78 is 4.88. The van der Waals surface area contributed by atoms with Gasteiger partial charge in [0.2, 0.25) is 0 Å². The molecule has 0 aliphatic carbocycles. The fourth-order valence-corrected chi connectivity index (χ4v) is 2.39. The number of anilines is 1. The number of carbonyl (C=O) groups excluding carboxylic acids is 1. The molecule has 0 saturated carbocycles. The highest BCUT2D eigenvalue weighted by Crippen LogP contribution is 2.27. The molecule has 0 saturated heterocycles. The minimum atomic E-state index is 0.140. The quantitative estimate of drug-likeness (QED) is 0.796. The van der Waals surface area contributed by atoms with Crippen LogP contribution in [0.3, 0.4) is 0 Å². The van der Waals surface area contributed by atoms with E-state index in [1.54, 1.807) is 7.11 Å². The first-order valence-corrected chi connectivity index (χ1v) is 6.06. The molecule has 17 heavy (non-hydrogen) atoms. The van der Waals surface area contributed by atoms with Crippen LogP contribution in [-0.2, 0) is 16.0 Å². The summed E-state index contributed by atoms with van der Waals surface area (Å²) in [5.74, 6) is 0.140. The normalized spacial score (nSPS) is 14.6. The van der Waals surface area contributed by atoms with Crippen LogP contribution in [-0.4, -0.2) is 32.6 Å². The van der Waals surface area contributed by atoms with Gasteiger partial charge in [0, 0.05) is 19.3 Å². The summed E-state index contributed by atoms with van der Waals surface area (Å²) in [6, 6.07) is 6.46. The molecule has 0 unspecified atom stereocenters. The van der Waals surface area contributed by atoms with Crippen molar-refractivity contribution in [2.24, 2.45) is 0 Å². The van der Waals surface area contributed by atoms with E-state index in [2.05, 4.69) is 30.0 Å². The second-order valence-corrected chi connectivity index (χ2v) is 4.63. The summed E-state index contributed by atoms with van der Waals surface area (Å²) in [4.78, 5) is 13.8. The van der Waals surface area contributed by atoms with E-state index >= 15 is 0 Å². The Balaban J connectivity index is 2.14. The molecule has 92 valence electrons. The molecule has 0 spiro atoms. The van der Waals surface area contributed by atoms with E-state index in [1.165, 1.54) is 16.8 Å². The van der Waals surface area contributed by atoms with Gasteiger partial charge in [-0.25, -0.2) is 0 Å². The van der Waals surface area contributed by atoms with Crippen LogP contribution in [0.4, 0.5) is 5.69 Å². The zero-order valence-corrected chi connectivity index (χ0v) is 10.5. The molecule has 0 aromatic heterocycles. The third-order valence-electron chi connectivity index (χ3n) is 3.12. The van der Waals surface area contributed by atoms with E-state index in [1.807, 2.05) is 0 Å². The number of fused-ring (bicyclic) bond motifs is 1. The summed E-state index contributed by atoms with van der Waals surface area (Å²) in [6.45, 7) is 3.74. The number of rotatable bonds is 4. The van der Waals surface area contributed by atoms with E-state index < -0.39 is 0 Å². The summed E-state index contributed by atoms with van der Waals surface area (Å²) in [5.41, 5.74) is 3.86. The number of Topliss-reactive ketones (excluding diaryl/α,β-unsaturated/α-hetero) is 1. The minimum absolute atomic E-state index is 0.140. The van der Waals surface area contributed by atoms with Crippen molar-refractivity contribution < 1.29 is 9.53 Å². The van der Waals surface area contributed by atoms with Gasteiger partial charge in [0.1, 0.15) is 6.61 Å². The fraction of sp³-hybridized carbons (Fsp3) is 0.500. The van der Waals surface area contributed by atoms with Crippen LogP contribution in [0.5, 0.6) is 0 Å². The van der Waals surface area contributed by atoms with E-state index in [4.69, 9.17) is 4.74 Å². The molecule has 0 amide bonds. The molecular weight excluding hydrogens is 214 g/mol. The molecule has 2 rings (SSSR count). The fourth-order valence-electron chi connectivity index (χ4n) is 2.39. The smallest absolute Gasteiger partial charge is 0.177 e. The molecule has 3 nitrogen and oxygen atoms in total. The minimum Gasteiger partial charge on any atom is -0.377 e. The van der Waals surface area contributed by atoms with Crippen molar-refractivity contribution in [3.63, 3.8) is 0 Å². The molecule has 0 N–H and O–H groups in total. The predicted molar refractivity (Wildman–Crippen MR) is 68.6 cm³/mol. The van der Waals surface area contributed by atoms with Gasteiger partial charge in [-0.3, -0.25) is 4.79 Å². The summed E-state index contributed by atoms with van der Waals surface area (Å²) in [5, 5.41) is 0. The van der Waals surface area contributed by atoms with Gasteiger partial charge < -0.3 is 9.64 Å². The van der Waals surface area contributed by atoms with Crippen molar-refractivity contribution in [2.75, 3.05) is 31.7 Å². The second kappa shape index (κ2) is 5.32. The van der Waals surface area contributed by atoms with Crippen molar-refractivity contribution in [3.05, 3.63) is 29.3 Å². The van der Waals surface area contributed by atoms with Crippen LogP contribution in [0, 0.1) is 6.92 Å². The van der Waals surface area contributed by atoms with Crippen molar-refractivity contribution in [3.8, 4) is 0 Å². The average Bonchev–Trinajstić information content (AvgIpc) is 2.29. The molecule has 3 heteroatoms. The Morgan fingerprint density at radius 3 is 3.06 bits per heavy atom. The highest BCUT2D eigenvalue weighted by molar-refractivity contribution is 5.85. The standard InChI is InChI=1S/C14H19NO2/c1-11-5-6-14-12(8-11)4-3-7-15(14)9-13(16)10-17-2/h5-6,8H,3-4,7,9-10H2,1-2H3. The SMILES string of the molecule is COCC(=O)CN1CCCc2cc(C)ccc21. The number of nitrogens with zero attached hydrogens (tertiary/aromatic N) is 1. The van der Waals surface area contributed by atoms with Crippen LogP contribution in [0.25, 0.3) is 0 Å². The lowest BCUT2D eigenvalue weighted by molar-refractivity contribution is -0.121.